The molecule has 2 heterocycles. The molecule has 3 N–H and O–H groups in total. The number of hydrazone groups is 1. The maximum absolute atomic E-state index is 10.6. The van der Waals surface area contributed by atoms with E-state index < -0.39 is 6.03 Å². The highest BCUT2D eigenvalue weighted by atomic mass is 16.7. The summed E-state index contributed by atoms with van der Waals surface area (Å²) in [4.78, 5) is 15.4. The Morgan fingerprint density at radius 1 is 1.07 bits per heavy atom. The molecule has 0 spiro atoms. The molecule has 1 fully saturated rings. The van der Waals surface area contributed by atoms with E-state index >= 15 is 0 Å². The van der Waals surface area contributed by atoms with E-state index in [-0.39, 0.29) is 0 Å². The van der Waals surface area contributed by atoms with E-state index in [0.29, 0.717) is 6.79 Å². The molecule has 0 saturated carbocycles. The van der Waals surface area contributed by atoms with Crippen molar-refractivity contribution in [1.29, 1.82) is 0 Å². The third kappa shape index (κ3) is 4.34. The zero-order valence-corrected chi connectivity index (χ0v) is 15.5. The number of fused-ring (bicyclic) bond motifs is 1. The van der Waals surface area contributed by atoms with Gasteiger partial charge in [0.1, 0.15) is 0 Å². The average Bonchev–Trinajstić information content (AvgIpc) is 3.17. The minimum atomic E-state index is -0.675. The standard InChI is InChI=1S/C20H23N5O3/c21-20(26)23-22-12-15-1-4-17(5-2-15)25-9-7-24(8-10-25)13-16-3-6-18-19(11-16)28-14-27-18/h1-6,11-12H,7-10,13-14H2,(H3,21,23,26)/b22-12+. The van der Waals surface area contributed by atoms with Crippen LogP contribution >= 0.6 is 0 Å². The highest BCUT2D eigenvalue weighted by Gasteiger charge is 2.19. The summed E-state index contributed by atoms with van der Waals surface area (Å²) in [6, 6.07) is 13.6. The third-order valence-corrected chi connectivity index (χ3v) is 4.86. The summed E-state index contributed by atoms with van der Waals surface area (Å²) in [7, 11) is 0. The smallest absolute Gasteiger partial charge is 0.332 e. The quantitative estimate of drug-likeness (QED) is 0.608. The van der Waals surface area contributed by atoms with Crippen LogP contribution in [0.25, 0.3) is 0 Å². The summed E-state index contributed by atoms with van der Waals surface area (Å²) in [5, 5.41) is 3.77. The number of nitrogens with zero attached hydrogens (tertiary/aromatic N) is 3. The molecule has 0 aromatic heterocycles. The number of hydrogen-bond donors (Lipinski definition) is 2. The Hall–Kier alpha value is -3.26. The van der Waals surface area contributed by atoms with Gasteiger partial charge in [0, 0.05) is 38.4 Å². The summed E-state index contributed by atoms with van der Waals surface area (Å²) in [6.45, 7) is 5.17. The Bertz CT molecular complexity index is 861. The van der Waals surface area contributed by atoms with Gasteiger partial charge in [-0.15, -0.1) is 0 Å². The molecule has 146 valence electrons. The van der Waals surface area contributed by atoms with Crippen LogP contribution in [-0.2, 0) is 6.54 Å². The predicted molar refractivity (Wildman–Crippen MR) is 107 cm³/mol. The molecule has 0 atom stereocenters. The van der Waals surface area contributed by atoms with Crippen LogP contribution in [0.5, 0.6) is 11.5 Å². The topological polar surface area (TPSA) is 92.4 Å². The van der Waals surface area contributed by atoms with Crippen LogP contribution in [0.3, 0.4) is 0 Å². The second-order valence-electron chi connectivity index (χ2n) is 6.78. The van der Waals surface area contributed by atoms with E-state index in [1.165, 1.54) is 11.3 Å². The lowest BCUT2D eigenvalue weighted by Gasteiger charge is -2.36. The number of piperazine rings is 1. The molecule has 8 nitrogen and oxygen atoms in total. The Balaban J connectivity index is 1.29. The summed E-state index contributed by atoms with van der Waals surface area (Å²) in [5.74, 6) is 1.67. The van der Waals surface area contributed by atoms with Gasteiger partial charge in [0.2, 0.25) is 6.79 Å². The largest absolute Gasteiger partial charge is 0.454 e. The number of amides is 2. The third-order valence-electron chi connectivity index (χ3n) is 4.86. The minimum absolute atomic E-state index is 0.309. The normalized spacial score (nSPS) is 16.5. The number of carbonyl (C=O) groups is 1. The van der Waals surface area contributed by atoms with Crippen molar-refractivity contribution < 1.29 is 14.3 Å². The lowest BCUT2D eigenvalue weighted by Crippen LogP contribution is -2.45. The van der Waals surface area contributed by atoms with Crippen molar-refractivity contribution in [3.05, 3.63) is 53.6 Å². The first-order valence-electron chi connectivity index (χ1n) is 9.22. The number of nitrogens with one attached hydrogen (secondary N) is 1. The lowest BCUT2D eigenvalue weighted by atomic mass is 10.1. The molecule has 0 bridgehead atoms. The Morgan fingerprint density at radius 2 is 1.82 bits per heavy atom. The molecule has 28 heavy (non-hydrogen) atoms. The van der Waals surface area contributed by atoms with E-state index in [1.54, 1.807) is 6.21 Å². The van der Waals surface area contributed by atoms with Gasteiger partial charge >= 0.3 is 6.03 Å². The number of nitrogens with two attached hydrogens (primary N) is 1. The molecular formula is C20H23N5O3. The summed E-state index contributed by atoms with van der Waals surface area (Å²) in [6.07, 6.45) is 1.57. The van der Waals surface area contributed by atoms with E-state index in [4.69, 9.17) is 15.2 Å². The van der Waals surface area contributed by atoms with Crippen molar-refractivity contribution >= 4 is 17.9 Å². The van der Waals surface area contributed by atoms with Crippen molar-refractivity contribution in [1.82, 2.24) is 10.3 Å². The van der Waals surface area contributed by atoms with E-state index in [0.717, 1.165) is 49.8 Å². The van der Waals surface area contributed by atoms with E-state index in [2.05, 4.69) is 44.6 Å². The minimum Gasteiger partial charge on any atom is -0.454 e. The van der Waals surface area contributed by atoms with Crippen LogP contribution in [0.2, 0.25) is 0 Å². The number of urea groups is 1. The van der Waals surface area contributed by atoms with Gasteiger partial charge < -0.3 is 20.1 Å². The van der Waals surface area contributed by atoms with Gasteiger partial charge in [0.15, 0.2) is 11.5 Å². The number of hydrogen-bond acceptors (Lipinski definition) is 6. The van der Waals surface area contributed by atoms with Gasteiger partial charge in [-0.2, -0.15) is 5.10 Å². The SMILES string of the molecule is NC(=O)N/N=C/c1ccc(N2CCN(Cc3ccc4c(c3)OCO4)CC2)cc1. The van der Waals surface area contributed by atoms with Crippen LogP contribution in [-0.4, -0.2) is 50.1 Å². The van der Waals surface area contributed by atoms with Crippen molar-refractivity contribution in [2.45, 2.75) is 6.54 Å². The Kier molecular flexibility index (Phi) is 5.29. The molecule has 2 amide bonds. The first-order valence-corrected chi connectivity index (χ1v) is 9.22. The number of benzene rings is 2. The van der Waals surface area contributed by atoms with E-state index in [1.807, 2.05) is 18.2 Å². The summed E-state index contributed by atoms with van der Waals surface area (Å²) in [5.41, 5.74) is 10.5. The highest BCUT2D eigenvalue weighted by Crippen LogP contribution is 2.32. The molecule has 4 rings (SSSR count). The zero-order valence-electron chi connectivity index (χ0n) is 15.5. The second-order valence-corrected chi connectivity index (χ2v) is 6.78. The monoisotopic (exact) mass is 381 g/mol. The first-order chi connectivity index (χ1) is 13.7. The van der Waals surface area contributed by atoms with Gasteiger partial charge in [0.25, 0.3) is 0 Å². The number of carbonyl (C=O) groups excluding carboxylic acids is 1. The molecule has 0 unspecified atom stereocenters. The lowest BCUT2D eigenvalue weighted by molar-refractivity contribution is 0.174. The molecule has 8 heteroatoms. The zero-order chi connectivity index (χ0) is 19.3. The fourth-order valence-electron chi connectivity index (χ4n) is 3.40. The van der Waals surface area contributed by atoms with Crippen molar-refractivity contribution in [3.63, 3.8) is 0 Å². The van der Waals surface area contributed by atoms with Gasteiger partial charge in [-0.1, -0.05) is 18.2 Å². The number of primary amides is 1. The van der Waals surface area contributed by atoms with Gasteiger partial charge in [-0.3, -0.25) is 4.90 Å². The van der Waals surface area contributed by atoms with Crippen LogP contribution in [0.15, 0.2) is 47.6 Å². The highest BCUT2D eigenvalue weighted by molar-refractivity contribution is 5.82. The first kappa shape index (κ1) is 18.1. The average molecular weight is 381 g/mol. The maximum atomic E-state index is 10.6. The summed E-state index contributed by atoms with van der Waals surface area (Å²) < 4.78 is 10.8. The van der Waals surface area contributed by atoms with Gasteiger partial charge in [-0.05, 0) is 35.4 Å². The van der Waals surface area contributed by atoms with Crippen molar-refractivity contribution in [2.24, 2.45) is 10.8 Å². The molecule has 2 aromatic carbocycles. The maximum Gasteiger partial charge on any atom is 0.332 e. The predicted octanol–water partition coefficient (Wildman–Crippen LogP) is 1.74. The number of rotatable bonds is 5. The van der Waals surface area contributed by atoms with Crippen LogP contribution in [0, 0.1) is 0 Å². The fourth-order valence-corrected chi connectivity index (χ4v) is 3.40. The molecule has 0 radical (unpaired) electrons. The summed E-state index contributed by atoms with van der Waals surface area (Å²) >= 11 is 0. The number of ether oxygens (including phenoxy) is 2. The number of anilines is 1. The van der Waals surface area contributed by atoms with Crippen LogP contribution < -0.4 is 25.5 Å². The van der Waals surface area contributed by atoms with Crippen molar-refractivity contribution in [2.75, 3.05) is 37.9 Å². The van der Waals surface area contributed by atoms with E-state index in [9.17, 15) is 4.79 Å². The van der Waals surface area contributed by atoms with Crippen molar-refractivity contribution in [3.8, 4) is 11.5 Å². The van der Waals surface area contributed by atoms with Gasteiger partial charge in [-0.25, -0.2) is 10.2 Å². The van der Waals surface area contributed by atoms with Crippen LogP contribution in [0.4, 0.5) is 10.5 Å². The Morgan fingerprint density at radius 3 is 2.57 bits per heavy atom. The molecule has 0 aliphatic carbocycles. The van der Waals surface area contributed by atoms with Crippen LogP contribution in [0.1, 0.15) is 11.1 Å². The molecule has 2 aliphatic rings. The van der Waals surface area contributed by atoms with Gasteiger partial charge in [0.05, 0.1) is 6.21 Å². The molecule has 1 saturated heterocycles. The second kappa shape index (κ2) is 8.18. The molecule has 2 aliphatic heterocycles. The Labute approximate surface area is 163 Å². The fraction of sp³-hybridized carbons (Fsp3) is 0.300. The molecule has 2 aromatic rings. The molecular weight excluding hydrogens is 358 g/mol.